The van der Waals surface area contributed by atoms with Crippen molar-refractivity contribution < 1.29 is 5.11 Å². The number of phenols is 1. The van der Waals surface area contributed by atoms with Crippen LogP contribution in [0.4, 0.5) is 5.69 Å². The molecule has 0 radical (unpaired) electrons. The molecule has 2 aromatic carbocycles. The third-order valence-corrected chi connectivity index (χ3v) is 3.44. The molecule has 0 aliphatic heterocycles. The van der Waals surface area contributed by atoms with Gasteiger partial charge in [-0.25, -0.2) is 0 Å². The Morgan fingerprint density at radius 3 is 2.15 bits per heavy atom. The average molecular weight is 330 g/mol. The molecule has 0 saturated heterocycles. The van der Waals surface area contributed by atoms with Crippen LogP contribution in [0, 0.1) is 0 Å². The standard InChI is InChI=1S/C14H11Cl3N2O/c1-8(9-2-4-11(20)5-3-9)18-19-14-12(16)6-10(15)7-13(14)17/h2-7,19-20H,1H3. The van der Waals surface area contributed by atoms with Gasteiger partial charge in [-0.05, 0) is 48.9 Å². The largest absolute Gasteiger partial charge is 0.508 e. The molecule has 0 aromatic heterocycles. The van der Waals surface area contributed by atoms with E-state index in [4.69, 9.17) is 34.8 Å². The number of benzene rings is 2. The summed E-state index contributed by atoms with van der Waals surface area (Å²) in [6.07, 6.45) is 0. The minimum Gasteiger partial charge on any atom is -0.508 e. The molecule has 0 heterocycles. The summed E-state index contributed by atoms with van der Waals surface area (Å²) in [4.78, 5) is 0. The molecule has 0 bridgehead atoms. The van der Waals surface area contributed by atoms with E-state index in [1.807, 2.05) is 6.92 Å². The van der Waals surface area contributed by atoms with Gasteiger partial charge in [-0.1, -0.05) is 34.8 Å². The number of hydrogen-bond acceptors (Lipinski definition) is 3. The van der Waals surface area contributed by atoms with Crippen molar-refractivity contribution in [1.29, 1.82) is 0 Å². The van der Waals surface area contributed by atoms with Crippen molar-refractivity contribution in [3.05, 3.63) is 57.0 Å². The summed E-state index contributed by atoms with van der Waals surface area (Å²) < 4.78 is 0. The molecule has 2 aromatic rings. The van der Waals surface area contributed by atoms with Crippen LogP contribution in [0.25, 0.3) is 0 Å². The minimum absolute atomic E-state index is 0.207. The summed E-state index contributed by atoms with van der Waals surface area (Å²) in [6.45, 7) is 1.83. The first kappa shape index (κ1) is 15.0. The van der Waals surface area contributed by atoms with Crippen LogP contribution in [0.2, 0.25) is 15.1 Å². The number of aromatic hydroxyl groups is 1. The van der Waals surface area contributed by atoms with Gasteiger partial charge in [0.2, 0.25) is 0 Å². The third kappa shape index (κ3) is 3.57. The number of phenolic OH excluding ortho intramolecular Hbond substituents is 1. The van der Waals surface area contributed by atoms with Crippen molar-refractivity contribution in [3.8, 4) is 5.75 Å². The van der Waals surface area contributed by atoms with Crippen LogP contribution < -0.4 is 5.43 Å². The Balaban J connectivity index is 2.23. The average Bonchev–Trinajstić information content (AvgIpc) is 2.38. The molecular formula is C14H11Cl3N2O. The molecule has 0 atom stereocenters. The highest BCUT2D eigenvalue weighted by Crippen LogP contribution is 2.33. The van der Waals surface area contributed by atoms with Crippen LogP contribution in [-0.2, 0) is 0 Å². The Labute approximate surface area is 131 Å². The second-order valence-electron chi connectivity index (χ2n) is 4.10. The molecule has 0 unspecified atom stereocenters. The molecule has 0 aliphatic carbocycles. The summed E-state index contributed by atoms with van der Waals surface area (Å²) in [5.41, 5.74) is 4.92. The lowest BCUT2D eigenvalue weighted by Crippen LogP contribution is -2.00. The zero-order valence-electron chi connectivity index (χ0n) is 10.5. The van der Waals surface area contributed by atoms with Crippen molar-refractivity contribution in [3.63, 3.8) is 0 Å². The fourth-order valence-electron chi connectivity index (χ4n) is 1.56. The number of anilines is 1. The number of nitrogens with zero attached hydrogens (tertiary/aromatic N) is 1. The van der Waals surface area contributed by atoms with Crippen LogP contribution in [0.5, 0.6) is 5.75 Å². The molecule has 0 saturated carbocycles. The van der Waals surface area contributed by atoms with Gasteiger partial charge in [-0.3, -0.25) is 5.43 Å². The highest BCUT2D eigenvalue weighted by atomic mass is 35.5. The molecule has 2 N–H and O–H groups in total. The Morgan fingerprint density at radius 1 is 1.05 bits per heavy atom. The van der Waals surface area contributed by atoms with Crippen molar-refractivity contribution in [1.82, 2.24) is 0 Å². The quantitative estimate of drug-likeness (QED) is 0.601. The van der Waals surface area contributed by atoms with Gasteiger partial charge in [-0.15, -0.1) is 0 Å². The predicted molar refractivity (Wildman–Crippen MR) is 85.4 cm³/mol. The first-order valence-corrected chi connectivity index (χ1v) is 6.85. The number of rotatable bonds is 3. The summed E-state index contributed by atoms with van der Waals surface area (Å²) in [5, 5.41) is 14.7. The topological polar surface area (TPSA) is 44.6 Å². The Hall–Kier alpha value is -1.42. The first-order chi connectivity index (χ1) is 9.47. The van der Waals surface area contributed by atoms with Gasteiger partial charge in [-0.2, -0.15) is 5.10 Å². The van der Waals surface area contributed by atoms with Crippen molar-refractivity contribution >= 4 is 46.2 Å². The highest BCUT2D eigenvalue weighted by molar-refractivity contribution is 6.41. The molecular weight excluding hydrogens is 319 g/mol. The summed E-state index contributed by atoms with van der Waals surface area (Å²) >= 11 is 17.9. The number of halogens is 3. The maximum absolute atomic E-state index is 9.24. The van der Waals surface area contributed by atoms with Gasteiger partial charge in [0.05, 0.1) is 21.4 Å². The van der Waals surface area contributed by atoms with Gasteiger partial charge >= 0.3 is 0 Å². The molecule has 3 nitrogen and oxygen atoms in total. The van der Waals surface area contributed by atoms with Crippen molar-refractivity contribution in [2.24, 2.45) is 5.10 Å². The second kappa shape index (κ2) is 6.35. The molecule has 6 heteroatoms. The summed E-state index contributed by atoms with van der Waals surface area (Å²) in [6, 6.07) is 9.89. The lowest BCUT2D eigenvalue weighted by molar-refractivity contribution is 0.475. The summed E-state index contributed by atoms with van der Waals surface area (Å²) in [5.74, 6) is 0.207. The van der Waals surface area contributed by atoms with Crippen LogP contribution in [0.1, 0.15) is 12.5 Å². The monoisotopic (exact) mass is 328 g/mol. The molecule has 104 valence electrons. The normalized spacial score (nSPS) is 11.5. The second-order valence-corrected chi connectivity index (χ2v) is 5.35. The molecule has 20 heavy (non-hydrogen) atoms. The van der Waals surface area contributed by atoms with Crippen LogP contribution in [0.3, 0.4) is 0 Å². The zero-order chi connectivity index (χ0) is 14.7. The Bertz CT molecular complexity index is 631. The number of hydrogen-bond donors (Lipinski definition) is 2. The van der Waals surface area contributed by atoms with Crippen molar-refractivity contribution in [2.75, 3.05) is 5.43 Å². The van der Waals surface area contributed by atoms with Crippen LogP contribution in [-0.4, -0.2) is 10.8 Å². The van der Waals surface area contributed by atoms with E-state index in [0.717, 1.165) is 11.3 Å². The van der Waals surface area contributed by atoms with E-state index in [-0.39, 0.29) is 5.75 Å². The lowest BCUT2D eigenvalue weighted by Gasteiger charge is -2.08. The SMILES string of the molecule is CC(=NNc1c(Cl)cc(Cl)cc1Cl)c1ccc(O)cc1. The van der Waals surface area contributed by atoms with Gasteiger partial charge < -0.3 is 5.11 Å². The van der Waals surface area contributed by atoms with Gasteiger partial charge in [0.1, 0.15) is 5.75 Å². The fourth-order valence-corrected chi connectivity index (χ4v) is 2.46. The Kier molecular flexibility index (Phi) is 4.76. The maximum atomic E-state index is 9.24. The zero-order valence-corrected chi connectivity index (χ0v) is 12.8. The fraction of sp³-hybridized carbons (Fsp3) is 0.0714. The summed E-state index contributed by atoms with van der Waals surface area (Å²) in [7, 11) is 0. The van der Waals surface area contributed by atoms with E-state index in [1.54, 1.807) is 36.4 Å². The maximum Gasteiger partial charge on any atom is 0.115 e. The van der Waals surface area contributed by atoms with E-state index in [2.05, 4.69) is 10.5 Å². The van der Waals surface area contributed by atoms with E-state index >= 15 is 0 Å². The van der Waals surface area contributed by atoms with Gasteiger partial charge in [0, 0.05) is 5.02 Å². The van der Waals surface area contributed by atoms with E-state index in [9.17, 15) is 5.11 Å². The molecule has 0 fully saturated rings. The molecule has 0 spiro atoms. The van der Waals surface area contributed by atoms with Gasteiger partial charge in [0.15, 0.2) is 0 Å². The van der Waals surface area contributed by atoms with Gasteiger partial charge in [0.25, 0.3) is 0 Å². The van der Waals surface area contributed by atoms with E-state index in [0.29, 0.717) is 20.8 Å². The third-order valence-electron chi connectivity index (χ3n) is 2.63. The lowest BCUT2D eigenvalue weighted by atomic mass is 10.1. The van der Waals surface area contributed by atoms with E-state index in [1.165, 1.54) is 0 Å². The first-order valence-electron chi connectivity index (χ1n) is 5.71. The van der Waals surface area contributed by atoms with E-state index < -0.39 is 0 Å². The minimum atomic E-state index is 0.207. The number of hydrazone groups is 1. The molecule has 0 amide bonds. The number of nitrogens with one attached hydrogen (secondary N) is 1. The Morgan fingerprint density at radius 2 is 1.60 bits per heavy atom. The van der Waals surface area contributed by atoms with Crippen LogP contribution >= 0.6 is 34.8 Å². The predicted octanol–water partition coefficient (Wildman–Crippen LogP) is 5.19. The van der Waals surface area contributed by atoms with Crippen LogP contribution in [0.15, 0.2) is 41.5 Å². The van der Waals surface area contributed by atoms with Crippen molar-refractivity contribution in [2.45, 2.75) is 6.92 Å². The smallest absolute Gasteiger partial charge is 0.115 e. The molecule has 0 aliphatic rings. The highest BCUT2D eigenvalue weighted by Gasteiger charge is 2.07. The molecule has 2 rings (SSSR count).